The lowest BCUT2D eigenvalue weighted by atomic mass is 10.2. The van der Waals surface area contributed by atoms with Crippen LogP contribution in [-0.4, -0.2) is 22.3 Å². The van der Waals surface area contributed by atoms with Crippen LogP contribution >= 0.6 is 11.3 Å². The van der Waals surface area contributed by atoms with Gasteiger partial charge in [0.15, 0.2) is 0 Å². The van der Waals surface area contributed by atoms with Crippen LogP contribution in [0.3, 0.4) is 0 Å². The summed E-state index contributed by atoms with van der Waals surface area (Å²) in [6, 6.07) is 7.34. The van der Waals surface area contributed by atoms with Crippen molar-refractivity contribution in [2.24, 2.45) is 0 Å². The van der Waals surface area contributed by atoms with Gasteiger partial charge in [-0.2, -0.15) is 0 Å². The largest absolute Gasteiger partial charge is 0.334 e. The number of nitro groups is 1. The van der Waals surface area contributed by atoms with Crippen molar-refractivity contribution in [2.75, 3.05) is 6.54 Å². The van der Waals surface area contributed by atoms with E-state index in [1.807, 2.05) is 6.92 Å². The third kappa shape index (κ3) is 3.48. The molecule has 0 saturated heterocycles. The van der Waals surface area contributed by atoms with Gasteiger partial charge in [-0.3, -0.25) is 14.9 Å². The van der Waals surface area contributed by atoms with Gasteiger partial charge in [0, 0.05) is 19.2 Å². The number of nitrogens with zero attached hydrogens (tertiary/aromatic N) is 2. The van der Waals surface area contributed by atoms with E-state index in [-0.39, 0.29) is 24.0 Å². The second-order valence-corrected chi connectivity index (χ2v) is 6.01. The number of thiophene rings is 1. The summed E-state index contributed by atoms with van der Waals surface area (Å²) in [6.07, 6.45) is 0. The van der Waals surface area contributed by atoms with Crippen LogP contribution in [0.1, 0.15) is 27.0 Å². The Kier molecular flexibility index (Phi) is 4.87. The zero-order chi connectivity index (χ0) is 16.3. The van der Waals surface area contributed by atoms with Crippen molar-refractivity contribution < 1.29 is 14.1 Å². The zero-order valence-corrected chi connectivity index (χ0v) is 13.0. The minimum Gasteiger partial charge on any atom is -0.334 e. The van der Waals surface area contributed by atoms with E-state index in [2.05, 4.69) is 0 Å². The third-order valence-electron chi connectivity index (χ3n) is 3.23. The van der Waals surface area contributed by atoms with Crippen LogP contribution in [0.15, 0.2) is 30.3 Å². The first-order chi connectivity index (χ1) is 10.4. The average Bonchev–Trinajstić information content (AvgIpc) is 2.86. The molecule has 2 aromatic rings. The quantitative estimate of drug-likeness (QED) is 0.622. The summed E-state index contributed by atoms with van der Waals surface area (Å²) < 4.78 is 13.2. The monoisotopic (exact) mass is 322 g/mol. The number of aryl methyl sites for hydroxylation is 1. The Morgan fingerprint density at radius 3 is 2.68 bits per heavy atom. The number of carbonyl (C=O) groups excluding carboxylic acids is 1. The van der Waals surface area contributed by atoms with Gasteiger partial charge in [0.1, 0.15) is 5.82 Å². The first-order valence-corrected chi connectivity index (χ1v) is 7.52. The van der Waals surface area contributed by atoms with Gasteiger partial charge in [-0.25, -0.2) is 4.39 Å². The van der Waals surface area contributed by atoms with E-state index in [0.29, 0.717) is 21.9 Å². The van der Waals surface area contributed by atoms with Crippen LogP contribution in [0.4, 0.5) is 10.1 Å². The predicted molar refractivity (Wildman–Crippen MR) is 82.5 cm³/mol. The molecule has 1 amide bonds. The normalized spacial score (nSPS) is 10.5. The first kappa shape index (κ1) is 16.1. The van der Waals surface area contributed by atoms with Crippen LogP contribution in [0.25, 0.3) is 0 Å². The summed E-state index contributed by atoms with van der Waals surface area (Å²) >= 11 is 1.10. The number of rotatable bonds is 5. The number of hydrogen-bond donors (Lipinski definition) is 0. The molecule has 2 rings (SSSR count). The molecule has 1 heterocycles. The Bertz CT molecular complexity index is 715. The van der Waals surface area contributed by atoms with E-state index in [0.717, 1.165) is 11.3 Å². The Hall–Kier alpha value is -2.28. The fraction of sp³-hybridized carbons (Fsp3) is 0.267. The number of amides is 1. The molecule has 0 spiro atoms. The van der Waals surface area contributed by atoms with E-state index >= 15 is 0 Å². The second-order valence-electron chi connectivity index (χ2n) is 4.76. The second kappa shape index (κ2) is 6.65. The van der Waals surface area contributed by atoms with Gasteiger partial charge >= 0.3 is 0 Å². The molecule has 0 aliphatic carbocycles. The number of benzene rings is 1. The molecule has 0 aliphatic heterocycles. The van der Waals surface area contributed by atoms with Crippen LogP contribution < -0.4 is 0 Å². The molecule has 0 saturated carbocycles. The minimum absolute atomic E-state index is 0.0461. The third-order valence-corrected chi connectivity index (χ3v) is 4.26. The van der Waals surface area contributed by atoms with Gasteiger partial charge < -0.3 is 4.90 Å². The molecule has 22 heavy (non-hydrogen) atoms. The molecule has 0 N–H and O–H groups in total. The van der Waals surface area contributed by atoms with Crippen molar-refractivity contribution in [3.63, 3.8) is 0 Å². The Balaban J connectivity index is 2.22. The predicted octanol–water partition coefficient (Wildman–Crippen LogP) is 3.77. The molecule has 0 radical (unpaired) electrons. The van der Waals surface area contributed by atoms with Gasteiger partial charge in [0.05, 0.1) is 14.7 Å². The highest BCUT2D eigenvalue weighted by Gasteiger charge is 2.22. The smallest absolute Gasteiger partial charge is 0.283 e. The molecule has 0 fully saturated rings. The molecule has 0 atom stereocenters. The summed E-state index contributed by atoms with van der Waals surface area (Å²) in [6.45, 7) is 4.12. The van der Waals surface area contributed by atoms with E-state index in [4.69, 9.17) is 0 Å². The highest BCUT2D eigenvalue weighted by molar-refractivity contribution is 7.14. The fourth-order valence-corrected chi connectivity index (χ4v) is 3.05. The summed E-state index contributed by atoms with van der Waals surface area (Å²) in [4.78, 5) is 25.2. The highest BCUT2D eigenvalue weighted by Crippen LogP contribution is 2.29. The van der Waals surface area contributed by atoms with Crippen molar-refractivity contribution in [1.29, 1.82) is 0 Å². The molecular weight excluding hydrogens is 307 g/mol. The number of halogens is 1. The first-order valence-electron chi connectivity index (χ1n) is 6.71. The van der Waals surface area contributed by atoms with E-state index < -0.39 is 4.92 Å². The van der Waals surface area contributed by atoms with Crippen molar-refractivity contribution in [2.45, 2.75) is 20.4 Å². The molecule has 0 bridgehead atoms. The Morgan fingerprint density at radius 1 is 1.41 bits per heavy atom. The molecule has 5 nitrogen and oxygen atoms in total. The highest BCUT2D eigenvalue weighted by atomic mass is 32.1. The van der Waals surface area contributed by atoms with Gasteiger partial charge in [-0.05, 0) is 31.5 Å². The van der Waals surface area contributed by atoms with Crippen LogP contribution in [0.5, 0.6) is 0 Å². The minimum atomic E-state index is -0.495. The average molecular weight is 322 g/mol. The maximum Gasteiger partial charge on any atom is 0.283 e. The molecule has 0 aliphatic rings. The lowest BCUT2D eigenvalue weighted by molar-refractivity contribution is -0.385. The molecule has 1 aromatic carbocycles. The molecular formula is C15H15FN2O3S. The maximum absolute atomic E-state index is 13.2. The van der Waals surface area contributed by atoms with Crippen molar-refractivity contribution in [1.82, 2.24) is 4.90 Å². The van der Waals surface area contributed by atoms with Crippen LogP contribution in [0.2, 0.25) is 0 Å². The van der Waals surface area contributed by atoms with Gasteiger partial charge in [0.25, 0.3) is 11.6 Å². The summed E-state index contributed by atoms with van der Waals surface area (Å²) in [5, 5.41) is 10.9. The van der Waals surface area contributed by atoms with Crippen molar-refractivity contribution >= 4 is 22.9 Å². The Labute approximate surface area is 131 Å². The summed E-state index contributed by atoms with van der Waals surface area (Å²) in [5.74, 6) is -0.642. The van der Waals surface area contributed by atoms with Gasteiger partial charge in [-0.15, -0.1) is 11.3 Å². The zero-order valence-electron chi connectivity index (χ0n) is 12.2. The molecule has 0 unspecified atom stereocenters. The molecule has 1 aromatic heterocycles. The maximum atomic E-state index is 13.2. The van der Waals surface area contributed by atoms with E-state index in [1.54, 1.807) is 19.1 Å². The summed E-state index contributed by atoms with van der Waals surface area (Å²) in [5.41, 5.74) is 0.633. The standard InChI is InChI=1S/C15H15FN2O3S/c1-3-17(9-11-5-4-6-12(16)7-11)15(19)14-8-13(18(20)21)10(2)22-14/h4-8H,3,9H2,1-2H3. The van der Waals surface area contributed by atoms with Gasteiger partial charge in [-0.1, -0.05) is 12.1 Å². The van der Waals surface area contributed by atoms with Gasteiger partial charge in [0.2, 0.25) is 0 Å². The lowest BCUT2D eigenvalue weighted by Gasteiger charge is -2.20. The molecule has 7 heteroatoms. The Morgan fingerprint density at radius 2 is 2.14 bits per heavy atom. The van der Waals surface area contributed by atoms with Crippen LogP contribution in [0, 0.1) is 22.9 Å². The topological polar surface area (TPSA) is 63.5 Å². The fourth-order valence-electron chi connectivity index (χ4n) is 2.10. The van der Waals surface area contributed by atoms with Crippen LogP contribution in [-0.2, 0) is 6.54 Å². The lowest BCUT2D eigenvalue weighted by Crippen LogP contribution is -2.29. The SMILES string of the molecule is CCN(Cc1cccc(F)c1)C(=O)c1cc([N+](=O)[O-])c(C)s1. The number of hydrogen-bond acceptors (Lipinski definition) is 4. The van der Waals surface area contributed by atoms with E-state index in [1.165, 1.54) is 23.1 Å². The van der Waals surface area contributed by atoms with Crippen molar-refractivity contribution in [3.05, 3.63) is 61.6 Å². The van der Waals surface area contributed by atoms with E-state index in [9.17, 15) is 19.3 Å². The number of carbonyl (C=O) groups is 1. The summed E-state index contributed by atoms with van der Waals surface area (Å²) in [7, 11) is 0. The molecule has 116 valence electrons. The van der Waals surface area contributed by atoms with Crippen molar-refractivity contribution in [3.8, 4) is 0 Å².